The number of rotatable bonds is 5. The Labute approximate surface area is 160 Å². The maximum atomic E-state index is 12.5. The number of likely N-dealkylation sites (tertiary alicyclic amines) is 2. The van der Waals surface area contributed by atoms with Gasteiger partial charge < -0.3 is 9.32 Å². The topological polar surface area (TPSA) is 62.5 Å². The first-order valence-corrected chi connectivity index (χ1v) is 10.0. The van der Waals surface area contributed by atoms with E-state index < -0.39 is 0 Å². The molecule has 1 atom stereocenters. The van der Waals surface area contributed by atoms with Crippen molar-refractivity contribution in [1.82, 2.24) is 20.0 Å². The van der Waals surface area contributed by atoms with E-state index in [-0.39, 0.29) is 11.3 Å². The highest BCUT2D eigenvalue weighted by Gasteiger charge is 2.41. The normalized spacial score (nSPS) is 23.9. The van der Waals surface area contributed by atoms with Gasteiger partial charge in [-0.05, 0) is 31.4 Å². The van der Waals surface area contributed by atoms with Crippen LogP contribution in [0.4, 0.5) is 0 Å². The van der Waals surface area contributed by atoms with E-state index in [9.17, 15) is 4.79 Å². The fourth-order valence-electron chi connectivity index (χ4n) is 4.51. The van der Waals surface area contributed by atoms with Crippen LogP contribution in [0.5, 0.6) is 0 Å². The van der Waals surface area contributed by atoms with Crippen molar-refractivity contribution in [2.75, 3.05) is 19.6 Å². The Bertz CT molecular complexity index is 775. The summed E-state index contributed by atoms with van der Waals surface area (Å²) < 4.78 is 5.70. The van der Waals surface area contributed by atoms with Gasteiger partial charge in [0.05, 0.1) is 6.54 Å². The zero-order chi connectivity index (χ0) is 18.7. The molecule has 0 radical (unpaired) electrons. The summed E-state index contributed by atoms with van der Waals surface area (Å²) in [5, 5.41) is 8.25. The molecule has 0 bridgehead atoms. The van der Waals surface area contributed by atoms with Crippen molar-refractivity contribution in [2.45, 2.75) is 52.1 Å². The minimum atomic E-state index is 0.189. The Kier molecular flexibility index (Phi) is 5.25. The van der Waals surface area contributed by atoms with Crippen LogP contribution in [0.15, 0.2) is 34.7 Å². The van der Waals surface area contributed by atoms with Gasteiger partial charge in [0.2, 0.25) is 17.7 Å². The van der Waals surface area contributed by atoms with Gasteiger partial charge in [0.25, 0.3) is 0 Å². The Balaban J connectivity index is 1.42. The van der Waals surface area contributed by atoms with Crippen molar-refractivity contribution in [3.05, 3.63) is 47.7 Å². The van der Waals surface area contributed by atoms with E-state index in [0.717, 1.165) is 38.9 Å². The molecule has 1 spiro atoms. The van der Waals surface area contributed by atoms with Gasteiger partial charge in [0, 0.05) is 37.9 Å². The van der Waals surface area contributed by atoms with Gasteiger partial charge in [-0.3, -0.25) is 9.69 Å². The van der Waals surface area contributed by atoms with Crippen LogP contribution in [0.25, 0.3) is 0 Å². The molecule has 2 aliphatic rings. The highest BCUT2D eigenvalue weighted by atomic mass is 16.4. The third-order valence-corrected chi connectivity index (χ3v) is 5.87. The standard InChI is InChI=1S/C21H28N4O2/c1-2-18-22-23-19(27-18)14-24-12-6-10-21(15-24)11-9-20(26)25(16-21)13-17-7-4-3-5-8-17/h3-5,7-8H,2,6,9-16H2,1H3/t21-/m0/s1. The number of amides is 1. The molecule has 6 heteroatoms. The predicted octanol–water partition coefficient (Wildman–Crippen LogP) is 3.04. The summed E-state index contributed by atoms with van der Waals surface area (Å²) in [5.41, 5.74) is 1.39. The van der Waals surface area contributed by atoms with Gasteiger partial charge in [0.15, 0.2) is 0 Å². The zero-order valence-electron chi connectivity index (χ0n) is 16.1. The predicted molar refractivity (Wildman–Crippen MR) is 102 cm³/mol. The molecular weight excluding hydrogens is 340 g/mol. The van der Waals surface area contributed by atoms with Gasteiger partial charge in [0.1, 0.15) is 0 Å². The first kappa shape index (κ1) is 18.2. The van der Waals surface area contributed by atoms with Crippen LogP contribution in [0.1, 0.15) is 50.0 Å². The van der Waals surface area contributed by atoms with Crippen LogP contribution in [0.3, 0.4) is 0 Å². The highest BCUT2D eigenvalue weighted by Crippen LogP contribution is 2.39. The average Bonchev–Trinajstić information content (AvgIpc) is 3.14. The van der Waals surface area contributed by atoms with E-state index in [0.29, 0.717) is 31.3 Å². The second-order valence-electron chi connectivity index (χ2n) is 7.99. The number of aryl methyl sites for hydroxylation is 1. The summed E-state index contributed by atoms with van der Waals surface area (Å²) in [7, 11) is 0. The lowest BCUT2D eigenvalue weighted by molar-refractivity contribution is -0.140. The van der Waals surface area contributed by atoms with Crippen LogP contribution in [0, 0.1) is 5.41 Å². The molecule has 3 heterocycles. The minimum Gasteiger partial charge on any atom is -0.424 e. The fraction of sp³-hybridized carbons (Fsp3) is 0.571. The molecule has 2 aromatic rings. The van der Waals surface area contributed by atoms with Crippen LogP contribution in [0.2, 0.25) is 0 Å². The Morgan fingerprint density at radius 2 is 1.89 bits per heavy atom. The lowest BCUT2D eigenvalue weighted by Gasteiger charge is -2.48. The number of benzene rings is 1. The molecule has 1 aromatic heterocycles. The molecule has 27 heavy (non-hydrogen) atoms. The number of nitrogens with zero attached hydrogens (tertiary/aromatic N) is 4. The first-order chi connectivity index (χ1) is 13.2. The summed E-state index contributed by atoms with van der Waals surface area (Å²) in [6.45, 7) is 6.34. The summed E-state index contributed by atoms with van der Waals surface area (Å²) in [6, 6.07) is 10.3. The molecule has 1 aromatic carbocycles. The lowest BCUT2D eigenvalue weighted by Crippen LogP contribution is -2.53. The number of hydrogen-bond donors (Lipinski definition) is 0. The number of carbonyl (C=O) groups excluding carboxylic acids is 1. The van der Waals surface area contributed by atoms with E-state index in [1.165, 1.54) is 12.0 Å². The summed E-state index contributed by atoms with van der Waals surface area (Å²) in [4.78, 5) is 17.0. The summed E-state index contributed by atoms with van der Waals surface area (Å²) >= 11 is 0. The molecule has 1 amide bonds. The number of carbonyl (C=O) groups is 1. The molecule has 6 nitrogen and oxygen atoms in total. The second-order valence-corrected chi connectivity index (χ2v) is 7.99. The smallest absolute Gasteiger partial charge is 0.230 e. The number of piperidine rings is 2. The SMILES string of the molecule is CCc1nnc(CN2CCC[C@]3(CCC(=O)N(Cc4ccccc4)C3)C2)o1. The quantitative estimate of drug-likeness (QED) is 0.812. The fourth-order valence-corrected chi connectivity index (χ4v) is 4.51. The maximum absolute atomic E-state index is 12.5. The van der Waals surface area contributed by atoms with E-state index in [4.69, 9.17) is 4.42 Å². The minimum absolute atomic E-state index is 0.189. The Morgan fingerprint density at radius 1 is 1.07 bits per heavy atom. The van der Waals surface area contributed by atoms with Gasteiger partial charge in [-0.1, -0.05) is 37.3 Å². The van der Waals surface area contributed by atoms with Crippen LogP contribution in [-0.4, -0.2) is 45.5 Å². The summed E-state index contributed by atoms with van der Waals surface area (Å²) in [6.07, 6.45) is 4.75. The highest BCUT2D eigenvalue weighted by molar-refractivity contribution is 5.77. The lowest BCUT2D eigenvalue weighted by atomic mass is 9.73. The van der Waals surface area contributed by atoms with Crippen molar-refractivity contribution < 1.29 is 9.21 Å². The molecule has 4 rings (SSSR count). The zero-order valence-corrected chi connectivity index (χ0v) is 16.1. The number of hydrogen-bond acceptors (Lipinski definition) is 5. The molecule has 2 saturated heterocycles. The van der Waals surface area contributed by atoms with Crippen molar-refractivity contribution in [3.63, 3.8) is 0 Å². The monoisotopic (exact) mass is 368 g/mol. The van der Waals surface area contributed by atoms with Crippen LogP contribution >= 0.6 is 0 Å². The third kappa shape index (κ3) is 4.21. The van der Waals surface area contributed by atoms with E-state index in [2.05, 4.69) is 32.1 Å². The number of aromatic nitrogens is 2. The molecule has 0 unspecified atom stereocenters. The molecule has 144 valence electrons. The van der Waals surface area contributed by atoms with Crippen molar-refractivity contribution >= 4 is 5.91 Å². The van der Waals surface area contributed by atoms with Crippen molar-refractivity contribution in [3.8, 4) is 0 Å². The van der Waals surface area contributed by atoms with E-state index in [1.807, 2.05) is 25.1 Å². The largest absolute Gasteiger partial charge is 0.424 e. The van der Waals surface area contributed by atoms with Crippen LogP contribution in [-0.2, 0) is 24.3 Å². The molecule has 0 N–H and O–H groups in total. The van der Waals surface area contributed by atoms with Gasteiger partial charge in [-0.25, -0.2) is 0 Å². The molecular formula is C21H28N4O2. The van der Waals surface area contributed by atoms with Gasteiger partial charge in [-0.15, -0.1) is 10.2 Å². The third-order valence-electron chi connectivity index (χ3n) is 5.87. The average molecular weight is 368 g/mol. The Hall–Kier alpha value is -2.21. The van der Waals surface area contributed by atoms with Crippen molar-refractivity contribution in [2.24, 2.45) is 5.41 Å². The second kappa shape index (κ2) is 7.80. The van der Waals surface area contributed by atoms with Crippen LogP contribution < -0.4 is 0 Å². The van der Waals surface area contributed by atoms with Gasteiger partial charge in [-0.2, -0.15) is 0 Å². The molecule has 2 aliphatic heterocycles. The first-order valence-electron chi connectivity index (χ1n) is 10.0. The van der Waals surface area contributed by atoms with E-state index in [1.54, 1.807) is 0 Å². The summed E-state index contributed by atoms with van der Waals surface area (Å²) in [5.74, 6) is 1.69. The molecule has 0 aliphatic carbocycles. The van der Waals surface area contributed by atoms with E-state index >= 15 is 0 Å². The Morgan fingerprint density at radius 3 is 2.67 bits per heavy atom. The maximum Gasteiger partial charge on any atom is 0.230 e. The molecule has 0 saturated carbocycles. The molecule has 2 fully saturated rings. The van der Waals surface area contributed by atoms with Gasteiger partial charge >= 0.3 is 0 Å². The van der Waals surface area contributed by atoms with Crippen molar-refractivity contribution in [1.29, 1.82) is 0 Å².